The van der Waals surface area contributed by atoms with Gasteiger partial charge in [0.1, 0.15) is 23.7 Å². The van der Waals surface area contributed by atoms with Gasteiger partial charge >= 0.3 is 0 Å². The number of rotatable bonds is 9. The zero-order valence-electron chi connectivity index (χ0n) is 22.3. The van der Waals surface area contributed by atoms with Gasteiger partial charge in [-0.15, -0.1) is 0 Å². The first kappa shape index (κ1) is 25.6. The average Bonchev–Trinajstić information content (AvgIpc) is 3.67. The van der Waals surface area contributed by atoms with Gasteiger partial charge in [-0.1, -0.05) is 0 Å². The summed E-state index contributed by atoms with van der Waals surface area (Å²) in [6, 6.07) is 3.60. The van der Waals surface area contributed by atoms with E-state index in [1.54, 1.807) is 32.6 Å². The number of hydrogen-bond acceptors (Lipinski definition) is 10. The fraction of sp³-hybridized carbons (Fsp3) is 0.462. The fourth-order valence-corrected chi connectivity index (χ4v) is 4.98. The summed E-state index contributed by atoms with van der Waals surface area (Å²) in [6.07, 6.45) is 5.27. The van der Waals surface area contributed by atoms with Crippen LogP contribution in [-0.2, 0) is 6.54 Å². The van der Waals surface area contributed by atoms with Crippen molar-refractivity contribution in [3.8, 4) is 22.9 Å². The highest BCUT2D eigenvalue weighted by molar-refractivity contribution is 5.98. The van der Waals surface area contributed by atoms with Gasteiger partial charge in [-0.05, 0) is 26.7 Å². The first-order valence-electron chi connectivity index (χ1n) is 12.6. The number of carbonyl (C=O) groups is 1. The van der Waals surface area contributed by atoms with Crippen molar-refractivity contribution in [1.29, 1.82) is 0 Å². The van der Waals surface area contributed by atoms with E-state index in [9.17, 15) is 9.90 Å². The maximum absolute atomic E-state index is 13.2. The molecule has 0 aliphatic carbocycles. The van der Waals surface area contributed by atoms with E-state index in [2.05, 4.69) is 15.3 Å². The molecule has 12 nitrogen and oxygen atoms in total. The van der Waals surface area contributed by atoms with Crippen LogP contribution < -0.4 is 24.4 Å². The second kappa shape index (κ2) is 10.4. The molecule has 2 N–H and O–H groups in total. The molecular formula is C26H33N7O5. The van der Waals surface area contributed by atoms with Crippen LogP contribution in [0.1, 0.15) is 42.7 Å². The number of aliphatic hydroxyl groups is 1. The van der Waals surface area contributed by atoms with Crippen molar-refractivity contribution in [3.05, 3.63) is 35.9 Å². The van der Waals surface area contributed by atoms with Gasteiger partial charge in [0, 0.05) is 30.3 Å². The number of hydrogen-bond donors (Lipinski definition) is 2. The first-order chi connectivity index (χ1) is 18.4. The molecule has 4 heterocycles. The molecule has 1 saturated heterocycles. The lowest BCUT2D eigenvalue weighted by molar-refractivity contribution is 0.0726. The van der Waals surface area contributed by atoms with E-state index in [0.29, 0.717) is 47.1 Å². The third-order valence-electron chi connectivity index (χ3n) is 7.03. The van der Waals surface area contributed by atoms with Gasteiger partial charge in [0.2, 0.25) is 11.7 Å². The monoisotopic (exact) mass is 523 g/mol. The number of methoxy groups -OCH3 is 3. The number of nitrogens with zero attached hydrogens (tertiary/aromatic N) is 6. The summed E-state index contributed by atoms with van der Waals surface area (Å²) in [5.41, 5.74) is 1.88. The van der Waals surface area contributed by atoms with E-state index in [1.807, 2.05) is 41.6 Å². The highest BCUT2D eigenvalue weighted by Gasteiger charge is 2.36. The Bertz CT molecular complexity index is 1320. The van der Waals surface area contributed by atoms with E-state index in [0.717, 1.165) is 30.6 Å². The van der Waals surface area contributed by atoms with Crippen LogP contribution >= 0.6 is 0 Å². The Balaban J connectivity index is 1.51. The van der Waals surface area contributed by atoms with E-state index < -0.39 is 0 Å². The number of ether oxygens (including phenoxy) is 3. The van der Waals surface area contributed by atoms with Crippen molar-refractivity contribution in [1.82, 2.24) is 24.4 Å². The van der Waals surface area contributed by atoms with Crippen LogP contribution in [-0.4, -0.2) is 82.0 Å². The van der Waals surface area contributed by atoms with Gasteiger partial charge in [0.25, 0.3) is 5.91 Å². The average molecular weight is 524 g/mol. The molecule has 5 rings (SSSR count). The molecule has 1 amide bonds. The summed E-state index contributed by atoms with van der Waals surface area (Å²) in [6.45, 7) is 5.10. The van der Waals surface area contributed by atoms with Crippen LogP contribution in [0.3, 0.4) is 0 Å². The lowest BCUT2D eigenvalue weighted by Gasteiger charge is -2.24. The van der Waals surface area contributed by atoms with E-state index in [1.165, 1.54) is 0 Å². The Morgan fingerprint density at radius 1 is 1.13 bits per heavy atom. The molecule has 2 aromatic heterocycles. The third kappa shape index (κ3) is 4.44. The van der Waals surface area contributed by atoms with Gasteiger partial charge < -0.3 is 39.0 Å². The first-order valence-corrected chi connectivity index (χ1v) is 12.6. The molecule has 2 aliphatic heterocycles. The van der Waals surface area contributed by atoms with Crippen LogP contribution in [0.25, 0.3) is 5.69 Å². The van der Waals surface area contributed by atoms with Crippen molar-refractivity contribution < 1.29 is 24.1 Å². The van der Waals surface area contributed by atoms with Crippen molar-refractivity contribution in [2.24, 2.45) is 0 Å². The number of fused-ring (bicyclic) bond motifs is 1. The molecule has 12 heteroatoms. The van der Waals surface area contributed by atoms with Crippen molar-refractivity contribution in [3.63, 3.8) is 0 Å². The molecule has 3 aromatic rings. The zero-order valence-corrected chi connectivity index (χ0v) is 22.3. The van der Waals surface area contributed by atoms with Gasteiger partial charge in [-0.25, -0.2) is 9.97 Å². The smallest absolute Gasteiger partial charge is 0.273 e. The Labute approximate surface area is 221 Å². The standard InChI is InChI=1S/C26H33N7O5/c1-15(2)33-11-18-22(25(33)35)29-26(32-8-6-7-16(32)13-34)30-24(18)28-21-12-31(14-27-21)17-9-19(36-3)23(38-5)20(10-17)37-4/h9-10,12,14-16,34H,6-8,11,13H2,1-5H3,(H,28,29,30)/t16-/m0/s1. The van der Waals surface area contributed by atoms with Crippen LogP contribution in [0.5, 0.6) is 17.2 Å². The second-order valence-electron chi connectivity index (χ2n) is 9.57. The third-order valence-corrected chi connectivity index (χ3v) is 7.03. The number of amides is 1. The van der Waals surface area contributed by atoms with Gasteiger partial charge in [0.05, 0.1) is 52.4 Å². The molecule has 1 atom stereocenters. The van der Waals surface area contributed by atoms with Crippen molar-refractivity contribution in [2.75, 3.05) is 44.7 Å². The summed E-state index contributed by atoms with van der Waals surface area (Å²) in [4.78, 5) is 31.0. The summed E-state index contributed by atoms with van der Waals surface area (Å²) >= 11 is 0. The molecule has 2 aliphatic rings. The van der Waals surface area contributed by atoms with Gasteiger partial charge in [0.15, 0.2) is 11.5 Å². The van der Waals surface area contributed by atoms with Crippen molar-refractivity contribution >= 4 is 23.5 Å². The van der Waals surface area contributed by atoms with Crippen molar-refractivity contribution in [2.45, 2.75) is 45.3 Å². The predicted molar refractivity (Wildman–Crippen MR) is 141 cm³/mol. The number of aliphatic hydroxyl groups excluding tert-OH is 1. The van der Waals surface area contributed by atoms with E-state index in [4.69, 9.17) is 19.2 Å². The molecule has 1 aromatic carbocycles. The highest BCUT2D eigenvalue weighted by atomic mass is 16.5. The minimum atomic E-state index is -0.121. The quantitative estimate of drug-likeness (QED) is 0.432. The molecule has 1 fully saturated rings. The Kier molecular flexibility index (Phi) is 6.98. The Morgan fingerprint density at radius 2 is 1.87 bits per heavy atom. The predicted octanol–water partition coefficient (Wildman–Crippen LogP) is 2.76. The summed E-state index contributed by atoms with van der Waals surface area (Å²) in [5.74, 6) is 2.94. The molecule has 0 bridgehead atoms. The Morgan fingerprint density at radius 3 is 2.50 bits per heavy atom. The fourth-order valence-electron chi connectivity index (χ4n) is 4.98. The van der Waals surface area contributed by atoms with Gasteiger partial charge in [-0.3, -0.25) is 4.79 Å². The molecule has 202 valence electrons. The number of imidazole rings is 1. The minimum absolute atomic E-state index is 0.00840. The molecule has 38 heavy (non-hydrogen) atoms. The van der Waals surface area contributed by atoms with Crippen LogP contribution in [0.4, 0.5) is 17.6 Å². The number of nitrogens with one attached hydrogen (secondary N) is 1. The SMILES string of the molecule is COc1cc(-n2cnc(Nc3nc(N4CCC[C@H]4CO)nc4c3CN(C(C)C)C4=O)c2)cc(OC)c1OC. The van der Waals surface area contributed by atoms with Gasteiger partial charge in [-0.2, -0.15) is 4.98 Å². The molecule has 0 spiro atoms. The zero-order chi connectivity index (χ0) is 27.0. The number of anilines is 3. The minimum Gasteiger partial charge on any atom is -0.493 e. The summed E-state index contributed by atoms with van der Waals surface area (Å²) < 4.78 is 18.2. The molecular weight excluding hydrogens is 490 g/mol. The van der Waals surface area contributed by atoms with E-state index >= 15 is 0 Å². The van der Waals surface area contributed by atoms with Crippen LogP contribution in [0.2, 0.25) is 0 Å². The second-order valence-corrected chi connectivity index (χ2v) is 9.57. The topological polar surface area (TPSA) is 127 Å². The largest absolute Gasteiger partial charge is 0.493 e. The maximum atomic E-state index is 13.2. The maximum Gasteiger partial charge on any atom is 0.273 e. The lowest BCUT2D eigenvalue weighted by atomic mass is 10.2. The number of benzene rings is 1. The lowest BCUT2D eigenvalue weighted by Crippen LogP contribution is -2.34. The molecule has 0 unspecified atom stereocenters. The molecule has 0 saturated carbocycles. The number of aromatic nitrogens is 4. The Hall–Kier alpha value is -4.06. The van der Waals surface area contributed by atoms with Crippen LogP contribution in [0, 0.1) is 0 Å². The highest BCUT2D eigenvalue weighted by Crippen LogP contribution is 2.39. The molecule has 0 radical (unpaired) electrons. The van der Waals surface area contributed by atoms with E-state index in [-0.39, 0.29) is 24.6 Å². The summed E-state index contributed by atoms with van der Waals surface area (Å²) in [7, 11) is 4.70. The summed E-state index contributed by atoms with van der Waals surface area (Å²) in [5, 5.41) is 13.2. The normalized spacial score (nSPS) is 16.8. The van der Waals surface area contributed by atoms with Crippen LogP contribution in [0.15, 0.2) is 24.7 Å². The number of carbonyl (C=O) groups excluding carboxylic acids is 1.